The zero-order valence-corrected chi connectivity index (χ0v) is 13.3. The fourth-order valence-electron chi connectivity index (χ4n) is 2.26. The Morgan fingerprint density at radius 3 is 2.40 bits per heavy atom. The Morgan fingerprint density at radius 2 is 1.90 bits per heavy atom. The number of H-pyrrole nitrogens is 1. The quantitative estimate of drug-likeness (QED) is 0.676. The lowest BCUT2D eigenvalue weighted by atomic mass is 9.86. The summed E-state index contributed by atoms with van der Waals surface area (Å²) in [6, 6.07) is 6.01. The van der Waals surface area contributed by atoms with Crippen LogP contribution in [0.2, 0.25) is 0 Å². The molecule has 1 N–H and O–H groups in total. The number of carbonyl (C=O) groups is 1. The fourth-order valence-corrected chi connectivity index (χ4v) is 3.09. The van der Waals surface area contributed by atoms with Crippen LogP contribution in [0.3, 0.4) is 0 Å². The molecule has 0 saturated heterocycles. The molecule has 4 heteroatoms. The summed E-state index contributed by atoms with van der Waals surface area (Å²) >= 11 is 1.45. The fraction of sp³-hybridized carbons (Fsp3) is 0.375. The minimum atomic E-state index is -0.308. The maximum atomic E-state index is 12.0. The van der Waals surface area contributed by atoms with Gasteiger partial charge in [-0.1, -0.05) is 26.8 Å². The van der Waals surface area contributed by atoms with E-state index in [1.165, 1.54) is 24.2 Å². The lowest BCUT2D eigenvalue weighted by Gasteiger charge is -2.20. The zero-order valence-electron chi connectivity index (χ0n) is 12.5. The molecule has 0 radical (unpaired) electrons. The molecule has 0 amide bonds. The van der Waals surface area contributed by atoms with E-state index in [9.17, 15) is 9.59 Å². The van der Waals surface area contributed by atoms with Crippen molar-refractivity contribution in [1.29, 1.82) is 0 Å². The van der Waals surface area contributed by atoms with Crippen molar-refractivity contribution in [2.24, 2.45) is 0 Å². The number of ketones is 1. The number of nitrogens with one attached hydrogen (secondary N) is 1. The molecule has 20 heavy (non-hydrogen) atoms. The topological polar surface area (TPSA) is 49.9 Å². The molecule has 0 bridgehead atoms. The summed E-state index contributed by atoms with van der Waals surface area (Å²) < 4.78 is 0. The number of aromatic nitrogens is 1. The molecule has 2 aromatic rings. The number of fused-ring (bicyclic) bond motifs is 1. The van der Waals surface area contributed by atoms with E-state index in [1.54, 1.807) is 0 Å². The van der Waals surface area contributed by atoms with Gasteiger partial charge in [-0.3, -0.25) is 9.59 Å². The number of pyridine rings is 1. The highest BCUT2D eigenvalue weighted by molar-refractivity contribution is 7.99. The number of hydrogen-bond donors (Lipinski definition) is 1. The van der Waals surface area contributed by atoms with Crippen LogP contribution in [0.1, 0.15) is 43.6 Å². The second kappa shape index (κ2) is 5.09. The van der Waals surface area contributed by atoms with Crippen molar-refractivity contribution in [2.75, 3.05) is 6.26 Å². The van der Waals surface area contributed by atoms with Crippen LogP contribution in [0.4, 0.5) is 0 Å². The van der Waals surface area contributed by atoms with Crippen LogP contribution in [0.5, 0.6) is 0 Å². The summed E-state index contributed by atoms with van der Waals surface area (Å²) in [6.45, 7) is 7.86. The van der Waals surface area contributed by atoms with Gasteiger partial charge in [-0.05, 0) is 36.3 Å². The predicted molar refractivity (Wildman–Crippen MR) is 85.1 cm³/mol. The Balaban J connectivity index is 2.90. The van der Waals surface area contributed by atoms with Gasteiger partial charge >= 0.3 is 0 Å². The molecule has 0 aliphatic rings. The first kappa shape index (κ1) is 14.9. The zero-order chi connectivity index (χ0) is 15.1. The summed E-state index contributed by atoms with van der Waals surface area (Å²) in [7, 11) is 0. The number of carbonyl (C=O) groups excluding carboxylic acids is 1. The molecule has 0 spiro atoms. The first-order valence-corrected chi connectivity index (χ1v) is 7.73. The van der Waals surface area contributed by atoms with Gasteiger partial charge in [-0.2, -0.15) is 0 Å². The molecule has 1 aromatic heterocycles. The highest BCUT2D eigenvalue weighted by Crippen LogP contribution is 2.31. The van der Waals surface area contributed by atoms with Gasteiger partial charge in [0.15, 0.2) is 5.78 Å². The number of Topliss-reactive ketones (excluding diaryl/α,β-unsaturated/α-hetero) is 1. The van der Waals surface area contributed by atoms with E-state index in [0.717, 1.165) is 15.8 Å². The van der Waals surface area contributed by atoms with Crippen LogP contribution >= 0.6 is 11.8 Å². The van der Waals surface area contributed by atoms with E-state index in [0.29, 0.717) is 0 Å². The van der Waals surface area contributed by atoms with Crippen molar-refractivity contribution >= 4 is 28.4 Å². The minimum Gasteiger partial charge on any atom is -0.321 e. The molecule has 0 unspecified atom stereocenters. The Kier molecular flexibility index (Phi) is 3.78. The molecule has 0 aliphatic carbocycles. The third kappa shape index (κ3) is 2.52. The van der Waals surface area contributed by atoms with Crippen LogP contribution < -0.4 is 5.56 Å². The molecular formula is C16H19NO2S. The molecule has 2 rings (SSSR count). The Bertz CT molecular complexity index is 738. The number of hydrogen-bond acceptors (Lipinski definition) is 3. The molecule has 0 saturated carbocycles. The van der Waals surface area contributed by atoms with Crippen LogP contribution in [0.15, 0.2) is 27.9 Å². The molecule has 0 aliphatic heterocycles. The van der Waals surface area contributed by atoms with Gasteiger partial charge in [0.25, 0.3) is 5.56 Å². The maximum Gasteiger partial charge on any atom is 0.260 e. The molecular weight excluding hydrogens is 270 g/mol. The van der Waals surface area contributed by atoms with Crippen molar-refractivity contribution in [3.05, 3.63) is 39.7 Å². The van der Waals surface area contributed by atoms with Crippen molar-refractivity contribution in [1.82, 2.24) is 4.98 Å². The summed E-state index contributed by atoms with van der Waals surface area (Å²) in [6.07, 6.45) is 1.89. The first-order chi connectivity index (χ1) is 9.25. The average molecular weight is 289 g/mol. The Morgan fingerprint density at radius 1 is 1.25 bits per heavy atom. The van der Waals surface area contributed by atoms with E-state index < -0.39 is 0 Å². The standard InChI is InChI=1S/C16H19NO2S/c1-9(18)13-14(20-5)11-8-10(16(2,3)4)6-7-12(11)17-15(13)19/h6-8H,1-5H3,(H,17,19). The first-order valence-electron chi connectivity index (χ1n) is 6.51. The third-order valence-electron chi connectivity index (χ3n) is 3.39. The van der Waals surface area contributed by atoms with Gasteiger partial charge in [0.1, 0.15) is 0 Å². The highest BCUT2D eigenvalue weighted by Gasteiger charge is 2.19. The molecule has 0 fully saturated rings. The number of aromatic amines is 1. The molecule has 3 nitrogen and oxygen atoms in total. The average Bonchev–Trinajstić information content (AvgIpc) is 2.34. The summed E-state index contributed by atoms with van der Waals surface area (Å²) in [5.41, 5.74) is 1.93. The van der Waals surface area contributed by atoms with Crippen LogP contribution in [-0.2, 0) is 5.41 Å². The monoisotopic (exact) mass is 289 g/mol. The highest BCUT2D eigenvalue weighted by atomic mass is 32.2. The number of benzene rings is 1. The Hall–Kier alpha value is -1.55. The van der Waals surface area contributed by atoms with E-state index in [2.05, 4.69) is 31.8 Å². The van der Waals surface area contributed by atoms with Crippen molar-refractivity contribution in [2.45, 2.75) is 38.0 Å². The van der Waals surface area contributed by atoms with E-state index >= 15 is 0 Å². The minimum absolute atomic E-state index is 0.0242. The summed E-state index contributed by atoms with van der Waals surface area (Å²) in [5.74, 6) is -0.196. The molecule has 1 aromatic carbocycles. The van der Waals surface area contributed by atoms with E-state index in [4.69, 9.17) is 0 Å². The molecule has 106 valence electrons. The van der Waals surface area contributed by atoms with Gasteiger partial charge in [0.05, 0.1) is 5.56 Å². The van der Waals surface area contributed by atoms with Gasteiger partial charge in [0, 0.05) is 15.8 Å². The van der Waals surface area contributed by atoms with Crippen LogP contribution in [0.25, 0.3) is 10.9 Å². The lowest BCUT2D eigenvalue weighted by Crippen LogP contribution is -2.18. The SMILES string of the molecule is CSc1c(C(C)=O)c(=O)[nH]c2ccc(C(C)(C)C)cc12. The van der Waals surface area contributed by atoms with Crippen molar-refractivity contribution in [3.63, 3.8) is 0 Å². The van der Waals surface area contributed by atoms with E-state index in [1.807, 2.05) is 18.4 Å². The van der Waals surface area contributed by atoms with Gasteiger partial charge in [0.2, 0.25) is 0 Å². The van der Waals surface area contributed by atoms with Gasteiger partial charge in [-0.25, -0.2) is 0 Å². The second-order valence-electron chi connectivity index (χ2n) is 5.93. The van der Waals surface area contributed by atoms with E-state index in [-0.39, 0.29) is 22.3 Å². The van der Waals surface area contributed by atoms with Crippen molar-refractivity contribution < 1.29 is 4.79 Å². The lowest BCUT2D eigenvalue weighted by molar-refractivity contribution is 0.101. The largest absolute Gasteiger partial charge is 0.321 e. The van der Waals surface area contributed by atoms with Gasteiger partial charge in [-0.15, -0.1) is 11.8 Å². The predicted octanol–water partition coefficient (Wildman–Crippen LogP) is 3.75. The molecule has 1 heterocycles. The van der Waals surface area contributed by atoms with Crippen LogP contribution in [0, 0.1) is 0 Å². The van der Waals surface area contributed by atoms with Gasteiger partial charge < -0.3 is 4.98 Å². The number of rotatable bonds is 2. The third-order valence-corrected chi connectivity index (χ3v) is 4.22. The summed E-state index contributed by atoms with van der Waals surface area (Å²) in [5, 5.41) is 0.940. The normalized spacial score (nSPS) is 11.8. The smallest absolute Gasteiger partial charge is 0.260 e. The van der Waals surface area contributed by atoms with Crippen molar-refractivity contribution in [3.8, 4) is 0 Å². The summed E-state index contributed by atoms with van der Waals surface area (Å²) in [4.78, 5) is 27.4. The second-order valence-corrected chi connectivity index (χ2v) is 6.75. The number of thioether (sulfide) groups is 1. The van der Waals surface area contributed by atoms with Crippen LogP contribution in [-0.4, -0.2) is 17.0 Å². The molecule has 0 atom stereocenters. The Labute approximate surface area is 122 Å². The maximum absolute atomic E-state index is 12.0.